The fourth-order valence-corrected chi connectivity index (χ4v) is 2.78. The highest BCUT2D eigenvalue weighted by Crippen LogP contribution is 2.35. The molecule has 0 spiro atoms. The van der Waals surface area contributed by atoms with Crippen LogP contribution in [0, 0.1) is 11.3 Å². The first-order valence-corrected chi connectivity index (χ1v) is 6.96. The van der Waals surface area contributed by atoms with Gasteiger partial charge in [0.05, 0.1) is 5.92 Å². The van der Waals surface area contributed by atoms with E-state index in [4.69, 9.17) is 0 Å². The molecule has 0 amide bonds. The largest absolute Gasteiger partial charge is 0.299 e. The maximum absolute atomic E-state index is 12.1. The van der Waals surface area contributed by atoms with E-state index in [1.165, 1.54) is 0 Å². The summed E-state index contributed by atoms with van der Waals surface area (Å²) >= 11 is 3.38. The van der Waals surface area contributed by atoms with Gasteiger partial charge in [0.1, 0.15) is 11.6 Å². The molecule has 0 atom stereocenters. The number of hydrogen-bond donors (Lipinski definition) is 0. The molecule has 0 heterocycles. The molecule has 0 radical (unpaired) electrons. The molecule has 0 bridgehead atoms. The highest BCUT2D eigenvalue weighted by Gasteiger charge is 2.39. The Morgan fingerprint density at radius 3 is 2.11 bits per heavy atom. The van der Waals surface area contributed by atoms with E-state index < -0.39 is 5.92 Å². The lowest BCUT2D eigenvalue weighted by Gasteiger charge is -2.32. The summed E-state index contributed by atoms with van der Waals surface area (Å²) < 4.78 is 1.01. The molecule has 2 rings (SSSR count). The third-order valence-corrected chi connectivity index (χ3v) is 3.96. The van der Waals surface area contributed by atoms with Gasteiger partial charge in [-0.3, -0.25) is 9.59 Å². The van der Waals surface area contributed by atoms with Crippen molar-refractivity contribution in [2.45, 2.75) is 33.1 Å². The van der Waals surface area contributed by atoms with Crippen LogP contribution in [0.4, 0.5) is 0 Å². The molecule has 1 aliphatic carbocycles. The first-order valence-electron chi connectivity index (χ1n) is 6.17. The van der Waals surface area contributed by atoms with Gasteiger partial charge in [0.2, 0.25) is 0 Å². The summed E-state index contributed by atoms with van der Waals surface area (Å²) in [4.78, 5) is 24.1. The molecule has 2 nitrogen and oxygen atoms in total. The summed E-state index contributed by atoms with van der Waals surface area (Å²) in [6.45, 7) is 3.97. The number of rotatable bonds is 2. The fraction of sp³-hybridized carbons (Fsp3) is 0.467. The van der Waals surface area contributed by atoms with Crippen molar-refractivity contribution in [3.8, 4) is 0 Å². The summed E-state index contributed by atoms with van der Waals surface area (Å²) in [7, 11) is 0. The zero-order chi connectivity index (χ0) is 13.3. The molecule has 1 fully saturated rings. The van der Waals surface area contributed by atoms with E-state index in [9.17, 15) is 9.59 Å². The monoisotopic (exact) mass is 308 g/mol. The molecule has 0 aliphatic heterocycles. The van der Waals surface area contributed by atoms with Crippen molar-refractivity contribution in [3.05, 3.63) is 34.3 Å². The fourth-order valence-electron chi connectivity index (χ4n) is 2.52. The van der Waals surface area contributed by atoms with Crippen LogP contribution in [-0.4, -0.2) is 11.6 Å². The van der Waals surface area contributed by atoms with Crippen molar-refractivity contribution in [3.63, 3.8) is 0 Å². The van der Waals surface area contributed by atoms with E-state index in [0.29, 0.717) is 19.3 Å². The molecule has 3 heteroatoms. The first kappa shape index (κ1) is 13.5. The van der Waals surface area contributed by atoms with E-state index in [2.05, 4.69) is 15.9 Å². The number of ketones is 2. The Labute approximate surface area is 116 Å². The number of carbonyl (C=O) groups excluding carboxylic acids is 2. The van der Waals surface area contributed by atoms with E-state index >= 15 is 0 Å². The van der Waals surface area contributed by atoms with Crippen molar-refractivity contribution in [1.29, 1.82) is 0 Å². The SMILES string of the molecule is CC1(C)CC(=O)C(Cc2ccc(Br)cc2)C(=O)C1. The summed E-state index contributed by atoms with van der Waals surface area (Å²) in [6, 6.07) is 7.81. The predicted octanol–water partition coefficient (Wildman–Crippen LogP) is 3.57. The Hall–Kier alpha value is -0.960. The van der Waals surface area contributed by atoms with E-state index in [1.54, 1.807) is 0 Å². The Morgan fingerprint density at radius 2 is 1.61 bits per heavy atom. The molecule has 1 aromatic carbocycles. The molecule has 1 aliphatic rings. The van der Waals surface area contributed by atoms with Crippen LogP contribution in [0.2, 0.25) is 0 Å². The van der Waals surface area contributed by atoms with E-state index in [-0.39, 0.29) is 17.0 Å². The van der Waals surface area contributed by atoms with Crippen molar-refractivity contribution < 1.29 is 9.59 Å². The van der Waals surface area contributed by atoms with Crippen LogP contribution in [-0.2, 0) is 16.0 Å². The second kappa shape index (κ2) is 4.96. The van der Waals surface area contributed by atoms with Crippen molar-refractivity contribution >= 4 is 27.5 Å². The van der Waals surface area contributed by atoms with Gasteiger partial charge >= 0.3 is 0 Å². The van der Waals surface area contributed by atoms with Crippen LogP contribution in [0.25, 0.3) is 0 Å². The molecule has 0 saturated heterocycles. The lowest BCUT2D eigenvalue weighted by molar-refractivity contribution is -0.139. The predicted molar refractivity (Wildman–Crippen MR) is 74.4 cm³/mol. The molecule has 0 N–H and O–H groups in total. The third kappa shape index (κ3) is 3.08. The number of benzene rings is 1. The van der Waals surface area contributed by atoms with Crippen molar-refractivity contribution in [2.75, 3.05) is 0 Å². The van der Waals surface area contributed by atoms with Crippen LogP contribution < -0.4 is 0 Å². The molecular formula is C15H17BrO2. The Balaban J connectivity index is 2.12. The van der Waals surface area contributed by atoms with Gasteiger partial charge in [0.15, 0.2) is 0 Å². The van der Waals surface area contributed by atoms with E-state index in [1.807, 2.05) is 38.1 Å². The Kier molecular flexibility index (Phi) is 3.71. The number of Topliss-reactive ketones (excluding diaryl/α,β-unsaturated/α-hetero) is 2. The van der Waals surface area contributed by atoms with Gasteiger partial charge in [0, 0.05) is 17.3 Å². The standard InChI is InChI=1S/C15H17BrO2/c1-15(2)8-13(17)12(14(18)9-15)7-10-3-5-11(16)6-4-10/h3-6,12H,7-9H2,1-2H3. The van der Waals surface area contributed by atoms with Gasteiger partial charge in [-0.2, -0.15) is 0 Å². The summed E-state index contributed by atoms with van der Waals surface area (Å²) in [5, 5.41) is 0. The lowest BCUT2D eigenvalue weighted by Crippen LogP contribution is -2.38. The number of carbonyl (C=O) groups is 2. The molecule has 1 saturated carbocycles. The topological polar surface area (TPSA) is 34.1 Å². The number of hydrogen-bond acceptors (Lipinski definition) is 2. The zero-order valence-corrected chi connectivity index (χ0v) is 12.3. The van der Waals surface area contributed by atoms with Crippen LogP contribution in [0.3, 0.4) is 0 Å². The molecule has 0 unspecified atom stereocenters. The van der Waals surface area contributed by atoms with Gasteiger partial charge in [0.25, 0.3) is 0 Å². The van der Waals surface area contributed by atoms with Gasteiger partial charge < -0.3 is 0 Å². The second-order valence-electron chi connectivity index (χ2n) is 5.83. The lowest BCUT2D eigenvalue weighted by atomic mass is 9.70. The minimum atomic E-state index is -0.431. The maximum atomic E-state index is 12.1. The molecule has 96 valence electrons. The molecular weight excluding hydrogens is 292 g/mol. The van der Waals surface area contributed by atoms with Gasteiger partial charge in [-0.25, -0.2) is 0 Å². The first-order chi connectivity index (χ1) is 8.37. The average molecular weight is 309 g/mol. The highest BCUT2D eigenvalue weighted by atomic mass is 79.9. The van der Waals surface area contributed by atoms with Crippen molar-refractivity contribution in [2.24, 2.45) is 11.3 Å². The summed E-state index contributed by atoms with van der Waals surface area (Å²) in [6.07, 6.45) is 1.57. The summed E-state index contributed by atoms with van der Waals surface area (Å²) in [5.74, 6) is -0.238. The second-order valence-corrected chi connectivity index (χ2v) is 6.75. The quantitative estimate of drug-likeness (QED) is 0.783. The van der Waals surface area contributed by atoms with Gasteiger partial charge in [-0.1, -0.05) is 41.9 Å². The van der Waals surface area contributed by atoms with Gasteiger partial charge in [-0.05, 0) is 29.5 Å². The minimum absolute atomic E-state index is 0.0965. The highest BCUT2D eigenvalue weighted by molar-refractivity contribution is 9.10. The Bertz CT molecular complexity index is 454. The molecule has 18 heavy (non-hydrogen) atoms. The third-order valence-electron chi connectivity index (χ3n) is 3.44. The van der Waals surface area contributed by atoms with Crippen LogP contribution in [0.15, 0.2) is 28.7 Å². The Morgan fingerprint density at radius 1 is 1.11 bits per heavy atom. The van der Waals surface area contributed by atoms with E-state index in [0.717, 1.165) is 10.0 Å². The minimum Gasteiger partial charge on any atom is -0.299 e. The van der Waals surface area contributed by atoms with Crippen molar-refractivity contribution in [1.82, 2.24) is 0 Å². The normalized spacial score (nSPS) is 20.2. The van der Waals surface area contributed by atoms with Gasteiger partial charge in [-0.15, -0.1) is 0 Å². The zero-order valence-electron chi connectivity index (χ0n) is 10.7. The smallest absolute Gasteiger partial charge is 0.144 e. The van der Waals surface area contributed by atoms with Crippen LogP contribution in [0.5, 0.6) is 0 Å². The maximum Gasteiger partial charge on any atom is 0.144 e. The average Bonchev–Trinajstić information content (AvgIpc) is 2.24. The molecule has 1 aromatic rings. The number of halogens is 1. The molecule has 0 aromatic heterocycles. The summed E-state index contributed by atoms with van der Waals surface area (Å²) in [5.41, 5.74) is 0.884. The van der Waals surface area contributed by atoms with Crippen LogP contribution in [0.1, 0.15) is 32.3 Å². The van der Waals surface area contributed by atoms with Crippen LogP contribution >= 0.6 is 15.9 Å².